The van der Waals surface area contributed by atoms with Crippen molar-refractivity contribution in [1.82, 2.24) is 0 Å². The maximum atomic E-state index is 11.4. The molecule has 0 saturated heterocycles. The van der Waals surface area contributed by atoms with Crippen molar-refractivity contribution in [3.05, 3.63) is 11.6 Å². The van der Waals surface area contributed by atoms with Crippen molar-refractivity contribution in [2.45, 2.75) is 32.3 Å². The topological polar surface area (TPSA) is 69.7 Å². The Balaban J connectivity index is 2.39. The van der Waals surface area contributed by atoms with E-state index in [0.717, 1.165) is 5.57 Å². The van der Waals surface area contributed by atoms with Crippen LogP contribution in [0.2, 0.25) is 0 Å². The molecule has 1 unspecified atom stereocenters. The van der Waals surface area contributed by atoms with Crippen molar-refractivity contribution in [1.29, 1.82) is 0 Å². The zero-order chi connectivity index (χ0) is 12.1. The maximum Gasteiger partial charge on any atom is 0.346 e. The quantitative estimate of drug-likeness (QED) is 0.662. The Kier molecular flexibility index (Phi) is 4.22. The van der Waals surface area contributed by atoms with E-state index in [4.69, 9.17) is 4.74 Å². The average molecular weight is 226 g/mol. The smallest absolute Gasteiger partial charge is 0.346 e. The molecule has 5 heteroatoms. The van der Waals surface area contributed by atoms with Crippen molar-refractivity contribution in [3.8, 4) is 0 Å². The number of methoxy groups -OCH3 is 1. The Bertz CT molecular complexity index is 342. The standard InChI is InChI=1S/C11H14O5/c1-7(11(14)15-2)16-10(13)6-8-3-4-9(12)5-8/h5,7H,3-4,6H2,1-2H3. The van der Waals surface area contributed by atoms with Crippen LogP contribution in [0, 0.1) is 0 Å². The first-order chi connectivity index (χ1) is 7.52. The fourth-order valence-electron chi connectivity index (χ4n) is 1.43. The number of hydrogen-bond acceptors (Lipinski definition) is 5. The van der Waals surface area contributed by atoms with Gasteiger partial charge in [-0.25, -0.2) is 4.79 Å². The van der Waals surface area contributed by atoms with Crippen LogP contribution in [0.5, 0.6) is 0 Å². The molecule has 0 bridgehead atoms. The molecular weight excluding hydrogens is 212 g/mol. The highest BCUT2D eigenvalue weighted by Crippen LogP contribution is 2.18. The minimum atomic E-state index is -0.907. The van der Waals surface area contributed by atoms with E-state index in [-0.39, 0.29) is 12.2 Å². The summed E-state index contributed by atoms with van der Waals surface area (Å²) < 4.78 is 9.25. The first kappa shape index (κ1) is 12.4. The van der Waals surface area contributed by atoms with Gasteiger partial charge in [0.1, 0.15) is 0 Å². The fourth-order valence-corrected chi connectivity index (χ4v) is 1.43. The van der Waals surface area contributed by atoms with Crippen molar-refractivity contribution in [2.75, 3.05) is 7.11 Å². The molecule has 0 radical (unpaired) electrons. The Morgan fingerprint density at radius 2 is 2.12 bits per heavy atom. The van der Waals surface area contributed by atoms with Crippen LogP contribution < -0.4 is 0 Å². The fraction of sp³-hybridized carbons (Fsp3) is 0.545. The molecular formula is C11H14O5. The summed E-state index contributed by atoms with van der Waals surface area (Å²) in [4.78, 5) is 33.2. The predicted octanol–water partition coefficient (Wildman–Crippen LogP) is 0.770. The number of rotatable bonds is 4. The van der Waals surface area contributed by atoms with E-state index in [1.165, 1.54) is 20.1 Å². The third kappa shape index (κ3) is 3.49. The summed E-state index contributed by atoms with van der Waals surface area (Å²) in [5, 5.41) is 0. The SMILES string of the molecule is COC(=O)C(C)OC(=O)CC1=CC(=O)CC1. The van der Waals surface area contributed by atoms with Crippen LogP contribution in [0.4, 0.5) is 0 Å². The van der Waals surface area contributed by atoms with E-state index >= 15 is 0 Å². The number of esters is 2. The van der Waals surface area contributed by atoms with Gasteiger partial charge in [0, 0.05) is 6.42 Å². The molecule has 0 spiro atoms. The summed E-state index contributed by atoms with van der Waals surface area (Å²) in [5.41, 5.74) is 0.757. The van der Waals surface area contributed by atoms with Crippen LogP contribution in [-0.2, 0) is 23.9 Å². The Morgan fingerprint density at radius 1 is 1.44 bits per heavy atom. The highest BCUT2D eigenvalue weighted by Gasteiger charge is 2.20. The van der Waals surface area contributed by atoms with Crippen LogP contribution in [0.1, 0.15) is 26.2 Å². The van der Waals surface area contributed by atoms with Crippen LogP contribution in [0.15, 0.2) is 11.6 Å². The lowest BCUT2D eigenvalue weighted by Gasteiger charge is -2.10. The second-order valence-corrected chi connectivity index (χ2v) is 3.60. The molecule has 0 amide bonds. The normalized spacial score (nSPS) is 16.6. The zero-order valence-corrected chi connectivity index (χ0v) is 9.32. The van der Waals surface area contributed by atoms with Gasteiger partial charge in [0.15, 0.2) is 11.9 Å². The van der Waals surface area contributed by atoms with Gasteiger partial charge in [0.05, 0.1) is 13.5 Å². The van der Waals surface area contributed by atoms with Gasteiger partial charge in [-0.2, -0.15) is 0 Å². The monoisotopic (exact) mass is 226 g/mol. The van der Waals surface area contributed by atoms with E-state index in [1.807, 2.05) is 0 Å². The van der Waals surface area contributed by atoms with Crippen LogP contribution in [0.3, 0.4) is 0 Å². The largest absolute Gasteiger partial charge is 0.466 e. The number of hydrogen-bond donors (Lipinski definition) is 0. The van der Waals surface area contributed by atoms with Crippen LogP contribution in [-0.4, -0.2) is 30.9 Å². The molecule has 0 saturated carbocycles. The maximum absolute atomic E-state index is 11.4. The number of carbonyl (C=O) groups excluding carboxylic acids is 3. The molecule has 0 N–H and O–H groups in total. The second kappa shape index (κ2) is 5.44. The Hall–Kier alpha value is -1.65. The summed E-state index contributed by atoms with van der Waals surface area (Å²) >= 11 is 0. The number of carbonyl (C=O) groups is 3. The van der Waals surface area contributed by atoms with Gasteiger partial charge >= 0.3 is 11.9 Å². The minimum Gasteiger partial charge on any atom is -0.466 e. The third-order valence-electron chi connectivity index (χ3n) is 2.27. The van der Waals surface area contributed by atoms with Gasteiger partial charge < -0.3 is 9.47 Å². The molecule has 0 fully saturated rings. The van der Waals surface area contributed by atoms with Crippen LogP contribution in [0.25, 0.3) is 0 Å². The number of allylic oxidation sites excluding steroid dienone is 1. The second-order valence-electron chi connectivity index (χ2n) is 3.60. The lowest BCUT2D eigenvalue weighted by Crippen LogP contribution is -2.25. The van der Waals surface area contributed by atoms with Gasteiger partial charge in [-0.15, -0.1) is 0 Å². The lowest BCUT2D eigenvalue weighted by molar-refractivity contribution is -0.164. The number of ether oxygens (including phenoxy) is 2. The Labute approximate surface area is 93.4 Å². The lowest BCUT2D eigenvalue weighted by atomic mass is 10.2. The minimum absolute atomic E-state index is 0.0313. The molecule has 0 aliphatic heterocycles. The van der Waals surface area contributed by atoms with Gasteiger partial charge in [0.25, 0.3) is 0 Å². The summed E-state index contributed by atoms with van der Waals surface area (Å²) in [7, 11) is 1.23. The van der Waals surface area contributed by atoms with Crippen molar-refractivity contribution in [2.24, 2.45) is 0 Å². The molecule has 1 atom stereocenters. The molecule has 1 rings (SSSR count). The van der Waals surface area contributed by atoms with Gasteiger partial charge in [-0.1, -0.05) is 5.57 Å². The Morgan fingerprint density at radius 3 is 2.62 bits per heavy atom. The van der Waals surface area contributed by atoms with Gasteiger partial charge in [-0.05, 0) is 19.4 Å². The molecule has 0 aromatic heterocycles. The van der Waals surface area contributed by atoms with E-state index in [0.29, 0.717) is 12.8 Å². The summed E-state index contributed by atoms with van der Waals surface area (Å²) in [6.45, 7) is 1.44. The molecule has 1 aliphatic rings. The summed E-state index contributed by atoms with van der Waals surface area (Å²) in [6.07, 6.45) is 1.67. The molecule has 5 nitrogen and oxygen atoms in total. The predicted molar refractivity (Wildman–Crippen MR) is 54.5 cm³/mol. The first-order valence-electron chi connectivity index (χ1n) is 5.02. The van der Waals surface area contributed by atoms with Crippen molar-refractivity contribution >= 4 is 17.7 Å². The summed E-state index contributed by atoms with van der Waals surface area (Å²) in [6, 6.07) is 0. The molecule has 0 aromatic rings. The third-order valence-corrected chi connectivity index (χ3v) is 2.27. The highest BCUT2D eigenvalue weighted by molar-refractivity contribution is 5.94. The number of ketones is 1. The van der Waals surface area contributed by atoms with Crippen molar-refractivity contribution < 1.29 is 23.9 Å². The summed E-state index contributed by atoms with van der Waals surface area (Å²) in [5.74, 6) is -1.08. The molecule has 16 heavy (non-hydrogen) atoms. The molecule has 1 aliphatic carbocycles. The van der Waals surface area contributed by atoms with Crippen LogP contribution >= 0.6 is 0 Å². The van der Waals surface area contributed by atoms with E-state index in [9.17, 15) is 14.4 Å². The zero-order valence-electron chi connectivity index (χ0n) is 9.32. The van der Waals surface area contributed by atoms with E-state index in [2.05, 4.69) is 4.74 Å². The molecule has 0 aromatic carbocycles. The van der Waals surface area contributed by atoms with Crippen molar-refractivity contribution in [3.63, 3.8) is 0 Å². The van der Waals surface area contributed by atoms with E-state index < -0.39 is 18.0 Å². The first-order valence-corrected chi connectivity index (χ1v) is 5.02. The average Bonchev–Trinajstić information content (AvgIpc) is 2.62. The molecule has 0 heterocycles. The van der Waals surface area contributed by atoms with E-state index in [1.54, 1.807) is 0 Å². The highest BCUT2D eigenvalue weighted by atomic mass is 16.6. The van der Waals surface area contributed by atoms with Gasteiger partial charge in [0.2, 0.25) is 0 Å². The van der Waals surface area contributed by atoms with Gasteiger partial charge in [-0.3, -0.25) is 9.59 Å². The molecule has 88 valence electrons.